The van der Waals surface area contributed by atoms with Gasteiger partial charge >= 0.3 is 0 Å². The van der Waals surface area contributed by atoms with E-state index in [0.29, 0.717) is 22.6 Å². The van der Waals surface area contributed by atoms with Gasteiger partial charge in [-0.15, -0.1) is 0 Å². The Morgan fingerprint density at radius 2 is 1.72 bits per heavy atom. The van der Waals surface area contributed by atoms with Crippen LogP contribution in [0, 0.1) is 12.3 Å². The molecule has 2 saturated heterocycles. The topological polar surface area (TPSA) is 55.8 Å². The van der Waals surface area contributed by atoms with Gasteiger partial charge in [0, 0.05) is 17.5 Å². The molecule has 4 atom stereocenters. The van der Waals surface area contributed by atoms with Gasteiger partial charge < -0.3 is 9.47 Å². The summed E-state index contributed by atoms with van der Waals surface area (Å²) in [6.45, 7) is 2.99. The van der Waals surface area contributed by atoms with Crippen molar-refractivity contribution in [2.75, 3.05) is 20.3 Å². The lowest BCUT2D eigenvalue weighted by Gasteiger charge is -2.49. The van der Waals surface area contributed by atoms with Gasteiger partial charge in [-0.2, -0.15) is 0 Å². The van der Waals surface area contributed by atoms with E-state index in [9.17, 15) is 0 Å². The molecule has 0 amide bonds. The first-order chi connectivity index (χ1) is 19.0. The minimum absolute atomic E-state index is 0.0270. The Kier molecular flexibility index (Phi) is 4.59. The number of ketones is 2. The molecule has 194 valence electrons. The SMILES string of the molecule is COc1ccc2c(c1)C(=O)[C@@]1(CO2)[C@H](c2ccc(C)cc2)C2CCCN2[C@@]12C(=O)c1cccc3cccc2c13. The van der Waals surface area contributed by atoms with Gasteiger partial charge in [-0.1, -0.05) is 66.2 Å². The zero-order valence-corrected chi connectivity index (χ0v) is 22.1. The van der Waals surface area contributed by atoms with Crippen molar-refractivity contribution in [2.24, 2.45) is 5.41 Å². The van der Waals surface area contributed by atoms with Gasteiger partial charge in [-0.25, -0.2) is 0 Å². The first-order valence-corrected chi connectivity index (χ1v) is 13.8. The second-order valence-corrected chi connectivity index (χ2v) is 11.5. The van der Waals surface area contributed by atoms with E-state index < -0.39 is 11.0 Å². The average Bonchev–Trinajstić information content (AvgIpc) is 3.60. The Morgan fingerprint density at radius 3 is 2.51 bits per heavy atom. The van der Waals surface area contributed by atoms with Gasteiger partial charge in [0.2, 0.25) is 0 Å². The number of rotatable bonds is 2. The molecule has 2 spiro atoms. The quantitative estimate of drug-likeness (QED) is 0.324. The number of carbonyl (C=O) groups is 2. The van der Waals surface area contributed by atoms with Crippen LogP contribution in [0.25, 0.3) is 10.8 Å². The molecule has 0 aromatic heterocycles. The number of Topliss-reactive ketones (excluding diaryl/α,β-unsaturated/α-hetero) is 2. The van der Waals surface area contributed by atoms with E-state index in [1.807, 2.05) is 30.3 Å². The molecule has 1 aliphatic carbocycles. The summed E-state index contributed by atoms with van der Waals surface area (Å²) in [6.07, 6.45) is 1.92. The fourth-order valence-electron chi connectivity index (χ4n) is 8.46. The summed E-state index contributed by atoms with van der Waals surface area (Å²) in [5, 5.41) is 2.01. The molecular formula is C34H29NO4. The lowest BCUT2D eigenvalue weighted by Crippen LogP contribution is -2.62. The molecule has 3 heterocycles. The van der Waals surface area contributed by atoms with Crippen LogP contribution in [-0.4, -0.2) is 42.8 Å². The normalized spacial score (nSPS) is 28.8. The Morgan fingerprint density at radius 1 is 0.923 bits per heavy atom. The number of fused-ring (bicyclic) bond motifs is 5. The minimum Gasteiger partial charge on any atom is -0.497 e. The molecule has 0 N–H and O–H groups in total. The third kappa shape index (κ3) is 2.60. The monoisotopic (exact) mass is 515 g/mol. The van der Waals surface area contributed by atoms with Gasteiger partial charge in [-0.05, 0) is 66.4 Å². The molecule has 4 aromatic carbocycles. The molecule has 4 aromatic rings. The lowest BCUT2D eigenvalue weighted by molar-refractivity contribution is 0.00382. The van der Waals surface area contributed by atoms with Gasteiger partial charge in [0.25, 0.3) is 0 Å². The third-order valence-electron chi connectivity index (χ3n) is 9.89. The zero-order chi connectivity index (χ0) is 26.5. The molecular weight excluding hydrogens is 486 g/mol. The molecule has 2 fully saturated rings. The van der Waals surface area contributed by atoms with Crippen molar-refractivity contribution < 1.29 is 19.1 Å². The smallest absolute Gasteiger partial charge is 0.189 e. The Hall–Kier alpha value is -3.96. The Bertz CT molecular complexity index is 1700. The van der Waals surface area contributed by atoms with E-state index in [1.54, 1.807) is 13.2 Å². The van der Waals surface area contributed by atoms with Crippen LogP contribution in [0.2, 0.25) is 0 Å². The summed E-state index contributed by atoms with van der Waals surface area (Å²) in [5.41, 5.74) is 2.12. The highest BCUT2D eigenvalue weighted by molar-refractivity contribution is 6.24. The van der Waals surface area contributed by atoms with Crippen LogP contribution in [-0.2, 0) is 5.54 Å². The third-order valence-corrected chi connectivity index (χ3v) is 9.89. The maximum absolute atomic E-state index is 15.3. The summed E-state index contributed by atoms with van der Waals surface area (Å²) in [4.78, 5) is 32.7. The number of hydrogen-bond donors (Lipinski definition) is 0. The Balaban J connectivity index is 1.49. The molecule has 5 heteroatoms. The molecule has 39 heavy (non-hydrogen) atoms. The van der Waals surface area contributed by atoms with Crippen molar-refractivity contribution >= 4 is 22.3 Å². The van der Waals surface area contributed by atoms with E-state index in [1.165, 1.54) is 5.56 Å². The summed E-state index contributed by atoms with van der Waals surface area (Å²) >= 11 is 0. The van der Waals surface area contributed by atoms with Gasteiger partial charge in [-0.3, -0.25) is 14.5 Å². The number of benzene rings is 4. The second kappa shape index (κ2) is 7.80. The van der Waals surface area contributed by atoms with Crippen LogP contribution in [0.4, 0.5) is 0 Å². The van der Waals surface area contributed by atoms with Gasteiger partial charge in [0.15, 0.2) is 11.6 Å². The molecule has 8 rings (SSSR count). The maximum Gasteiger partial charge on any atom is 0.189 e. The lowest BCUT2D eigenvalue weighted by atomic mass is 9.55. The number of hydrogen-bond acceptors (Lipinski definition) is 5. The predicted octanol–water partition coefficient (Wildman–Crippen LogP) is 6.07. The van der Waals surface area contributed by atoms with Crippen LogP contribution in [0.1, 0.15) is 56.2 Å². The van der Waals surface area contributed by atoms with Crippen LogP contribution in [0.15, 0.2) is 78.9 Å². The average molecular weight is 516 g/mol. The molecule has 1 unspecified atom stereocenters. The summed E-state index contributed by atoms with van der Waals surface area (Å²) in [6, 6.07) is 26.1. The van der Waals surface area contributed by atoms with E-state index in [2.05, 4.69) is 54.3 Å². The van der Waals surface area contributed by atoms with Crippen molar-refractivity contribution in [1.82, 2.24) is 4.90 Å². The van der Waals surface area contributed by atoms with Gasteiger partial charge in [0.05, 0.1) is 12.7 Å². The standard InChI is InChI=1S/C34H29NO4/c1-20-11-13-22(14-12-20)30-27-10-5-17-35(27)34(26-9-4-7-21-6-3-8-24(29(21)26)32(34)37)33(30)19-39-28-16-15-23(38-2)18-25(28)31(33)36/h3-4,6-9,11-16,18,27,30H,5,10,17,19H2,1-2H3/t27?,30-,33-,34+/m1/s1. The number of methoxy groups -OCH3 is 1. The van der Waals surface area contributed by atoms with Crippen LogP contribution in [0.3, 0.4) is 0 Å². The van der Waals surface area contributed by atoms with Crippen molar-refractivity contribution in [3.8, 4) is 11.5 Å². The predicted molar refractivity (Wildman–Crippen MR) is 149 cm³/mol. The molecule has 5 nitrogen and oxygen atoms in total. The van der Waals surface area contributed by atoms with Crippen molar-refractivity contribution in [2.45, 2.75) is 37.3 Å². The maximum atomic E-state index is 15.3. The fraction of sp³-hybridized carbons (Fsp3) is 0.294. The summed E-state index contributed by atoms with van der Waals surface area (Å²) in [7, 11) is 1.60. The number of nitrogens with zero attached hydrogens (tertiary/aromatic N) is 1. The van der Waals surface area contributed by atoms with Crippen molar-refractivity contribution in [3.05, 3.63) is 107 Å². The molecule has 0 bridgehead atoms. The van der Waals surface area contributed by atoms with E-state index in [0.717, 1.165) is 41.3 Å². The number of carbonyl (C=O) groups excluding carboxylic acids is 2. The minimum atomic E-state index is -1.15. The Labute approximate surface area is 227 Å². The second-order valence-electron chi connectivity index (χ2n) is 11.5. The highest BCUT2D eigenvalue weighted by Crippen LogP contribution is 2.69. The van der Waals surface area contributed by atoms with Crippen molar-refractivity contribution in [1.29, 1.82) is 0 Å². The first-order valence-electron chi connectivity index (χ1n) is 13.8. The number of aryl methyl sites for hydroxylation is 1. The van der Waals surface area contributed by atoms with Crippen molar-refractivity contribution in [3.63, 3.8) is 0 Å². The summed E-state index contributed by atoms with van der Waals surface area (Å²) in [5.74, 6) is 0.948. The van der Waals surface area contributed by atoms with E-state index in [-0.39, 0.29) is 30.1 Å². The molecule has 3 aliphatic heterocycles. The van der Waals surface area contributed by atoms with Crippen LogP contribution < -0.4 is 9.47 Å². The van der Waals surface area contributed by atoms with Crippen LogP contribution in [0.5, 0.6) is 11.5 Å². The van der Waals surface area contributed by atoms with Gasteiger partial charge in [0.1, 0.15) is 29.1 Å². The first kappa shape index (κ1) is 23.0. The van der Waals surface area contributed by atoms with Crippen LogP contribution >= 0.6 is 0 Å². The van der Waals surface area contributed by atoms with E-state index >= 15 is 9.59 Å². The summed E-state index contributed by atoms with van der Waals surface area (Å²) < 4.78 is 12.1. The largest absolute Gasteiger partial charge is 0.497 e. The molecule has 0 saturated carbocycles. The number of ether oxygens (including phenoxy) is 2. The highest BCUT2D eigenvalue weighted by Gasteiger charge is 2.78. The molecule has 4 aliphatic rings. The zero-order valence-electron chi connectivity index (χ0n) is 22.1. The fourth-order valence-corrected chi connectivity index (χ4v) is 8.46. The van der Waals surface area contributed by atoms with E-state index in [4.69, 9.17) is 9.47 Å². The highest BCUT2D eigenvalue weighted by atomic mass is 16.5. The molecule has 0 radical (unpaired) electrons.